The average Bonchev–Trinajstić information content (AvgIpc) is 3.67. The van der Waals surface area contributed by atoms with Crippen molar-refractivity contribution in [1.82, 2.24) is 24.7 Å². The van der Waals surface area contributed by atoms with Crippen molar-refractivity contribution in [2.75, 3.05) is 53.9 Å². The number of hydrogen-bond donors (Lipinski definition) is 2. The fourth-order valence-corrected chi connectivity index (χ4v) is 7.83. The molecule has 0 aliphatic carbocycles. The molecule has 0 saturated carbocycles. The lowest BCUT2D eigenvalue weighted by Crippen LogP contribution is -2.60. The summed E-state index contributed by atoms with van der Waals surface area (Å²) in [5.74, 6) is -0.274. The summed E-state index contributed by atoms with van der Waals surface area (Å²) in [6.45, 7) is 3.84. The first-order valence-corrected chi connectivity index (χ1v) is 17.2. The summed E-state index contributed by atoms with van der Waals surface area (Å²) in [7, 11) is 5.30. The number of aryl methyl sites for hydroxylation is 2. The third kappa shape index (κ3) is 6.01. The highest BCUT2D eigenvalue weighted by Gasteiger charge is 2.43. The van der Waals surface area contributed by atoms with Gasteiger partial charge < -0.3 is 24.6 Å². The van der Waals surface area contributed by atoms with Gasteiger partial charge in [-0.05, 0) is 78.5 Å². The van der Waals surface area contributed by atoms with Gasteiger partial charge in [0.25, 0.3) is 0 Å². The summed E-state index contributed by atoms with van der Waals surface area (Å²) < 4.78 is 41.5. The molecule has 260 valence electrons. The van der Waals surface area contributed by atoms with Crippen LogP contribution < -0.4 is 10.1 Å². The number of carbonyl (C=O) groups excluding carboxylic acids is 1. The van der Waals surface area contributed by atoms with Crippen LogP contribution in [-0.4, -0.2) is 90.0 Å². The van der Waals surface area contributed by atoms with Gasteiger partial charge in [0.15, 0.2) is 11.5 Å². The third-order valence-corrected chi connectivity index (χ3v) is 10.2. The van der Waals surface area contributed by atoms with Crippen molar-refractivity contribution in [1.29, 1.82) is 5.26 Å². The van der Waals surface area contributed by atoms with Crippen molar-refractivity contribution in [2.45, 2.75) is 44.3 Å². The molecule has 11 heteroatoms. The Labute approximate surface area is 290 Å². The zero-order valence-electron chi connectivity index (χ0n) is 28.9. The number of aromatic nitrogens is 2. The Hall–Kier alpha value is -4.79. The largest absolute Gasteiger partial charge is 0.508 e. The Morgan fingerprint density at radius 1 is 1.14 bits per heavy atom. The maximum Gasteiger partial charge on any atom is 0.223 e. The van der Waals surface area contributed by atoms with Gasteiger partial charge >= 0.3 is 0 Å². The normalized spacial score (nSPS) is 18.8. The zero-order chi connectivity index (χ0) is 35.3. The van der Waals surface area contributed by atoms with E-state index < -0.39 is 11.5 Å². The summed E-state index contributed by atoms with van der Waals surface area (Å²) in [5.41, 5.74) is 1.45. The number of hydrogen-bond acceptors (Lipinski definition) is 7. The topological polar surface area (TPSA) is 107 Å². The SMILES string of the molecule is C[C@@H]1CNCC1n1c(CCC(=O)N(C)C)cc2c(OCC3(F)CN(C)C3)nc3c(F)c(-c4cc(O)cc5ccccc45)c(CCC#N)cc3c21. The highest BCUT2D eigenvalue weighted by atomic mass is 19.1. The monoisotopic (exact) mass is 680 g/mol. The van der Waals surface area contributed by atoms with Gasteiger partial charge in [0.1, 0.15) is 17.9 Å². The van der Waals surface area contributed by atoms with Crippen LogP contribution >= 0.6 is 0 Å². The van der Waals surface area contributed by atoms with Crippen molar-refractivity contribution in [3.8, 4) is 28.8 Å². The number of fused-ring (bicyclic) bond motifs is 4. The molecule has 0 spiro atoms. The molecule has 2 aliphatic rings. The molecule has 2 N–H and O–H groups in total. The lowest BCUT2D eigenvalue weighted by Gasteiger charge is -2.41. The number of halogens is 2. The number of alkyl halides is 1. The van der Waals surface area contributed by atoms with Gasteiger partial charge in [-0.25, -0.2) is 13.8 Å². The summed E-state index contributed by atoms with van der Waals surface area (Å²) in [6, 6.07) is 16.7. The number of phenols is 1. The van der Waals surface area contributed by atoms with Crippen LogP contribution in [0.4, 0.5) is 8.78 Å². The van der Waals surface area contributed by atoms with Crippen molar-refractivity contribution < 1.29 is 23.4 Å². The zero-order valence-corrected chi connectivity index (χ0v) is 28.9. The first kappa shape index (κ1) is 33.7. The molecule has 2 aromatic heterocycles. The lowest BCUT2D eigenvalue weighted by molar-refractivity contribution is -0.128. The van der Waals surface area contributed by atoms with E-state index in [4.69, 9.17) is 9.72 Å². The van der Waals surface area contributed by atoms with Gasteiger partial charge in [0.2, 0.25) is 11.8 Å². The van der Waals surface area contributed by atoms with Crippen LogP contribution in [-0.2, 0) is 17.6 Å². The summed E-state index contributed by atoms with van der Waals surface area (Å²) in [6.07, 6.45) is 1.13. The smallest absolute Gasteiger partial charge is 0.223 e. The number of ether oxygens (including phenoxy) is 1. The van der Waals surface area contributed by atoms with E-state index in [9.17, 15) is 15.2 Å². The minimum atomic E-state index is -1.56. The number of nitrogens with one attached hydrogen (secondary N) is 1. The van der Waals surface area contributed by atoms with Gasteiger partial charge in [-0.1, -0.05) is 31.2 Å². The molecule has 2 fully saturated rings. The second-order valence-corrected chi connectivity index (χ2v) is 14.3. The second-order valence-electron chi connectivity index (χ2n) is 14.3. The fraction of sp³-hybridized carbons (Fsp3) is 0.410. The molecule has 2 saturated heterocycles. The Morgan fingerprint density at radius 3 is 2.62 bits per heavy atom. The molecule has 50 heavy (non-hydrogen) atoms. The van der Waals surface area contributed by atoms with E-state index in [1.807, 2.05) is 48.3 Å². The van der Waals surface area contributed by atoms with E-state index in [0.29, 0.717) is 40.4 Å². The molecule has 1 amide bonds. The summed E-state index contributed by atoms with van der Waals surface area (Å²) in [5, 5.41) is 26.5. The summed E-state index contributed by atoms with van der Waals surface area (Å²) in [4.78, 5) is 21.0. The van der Waals surface area contributed by atoms with Gasteiger partial charge in [-0.3, -0.25) is 9.69 Å². The van der Waals surface area contributed by atoms with Crippen molar-refractivity contribution >= 4 is 38.5 Å². The predicted octanol–water partition coefficient (Wildman–Crippen LogP) is 6.14. The molecule has 1 unspecified atom stereocenters. The molecule has 3 aromatic carbocycles. The molecule has 2 atom stereocenters. The third-order valence-electron chi connectivity index (χ3n) is 10.2. The van der Waals surface area contributed by atoms with Crippen LogP contribution in [0.3, 0.4) is 0 Å². The molecular formula is C39H42F2N6O3. The van der Waals surface area contributed by atoms with E-state index in [-0.39, 0.29) is 79.5 Å². The summed E-state index contributed by atoms with van der Waals surface area (Å²) >= 11 is 0. The van der Waals surface area contributed by atoms with E-state index in [1.54, 1.807) is 31.1 Å². The van der Waals surface area contributed by atoms with E-state index in [1.165, 1.54) is 0 Å². The molecule has 9 nitrogen and oxygen atoms in total. The molecule has 0 bridgehead atoms. The molecule has 0 radical (unpaired) electrons. The number of pyridine rings is 1. The number of phenolic OH excluding ortho intramolecular Hbond substituents is 1. The standard InChI is InChI=1S/C39H42F2N6O3/c1-23-18-43-19-32(23)47-26(11-12-33(49)45(2)3)16-31-37(47)30-15-25(9-7-13-42)34(29-17-27(48)14-24-8-5-6-10-28(24)29)35(40)36(30)44-38(31)50-22-39(41)20-46(4)21-39/h5-6,8,10,14-17,23,32,43,48H,7,9,11-12,18-22H2,1-4H3/t23-,32?/m1/s1. The highest BCUT2D eigenvalue weighted by molar-refractivity contribution is 6.10. The number of nitrogens with zero attached hydrogens (tertiary/aromatic N) is 5. The van der Waals surface area contributed by atoms with Crippen LogP contribution in [0.25, 0.3) is 43.7 Å². The van der Waals surface area contributed by atoms with E-state index in [0.717, 1.165) is 23.0 Å². The first-order chi connectivity index (χ1) is 24.0. The lowest BCUT2D eigenvalue weighted by atomic mass is 9.90. The number of rotatable bonds is 10. The Morgan fingerprint density at radius 2 is 1.92 bits per heavy atom. The van der Waals surface area contributed by atoms with Crippen LogP contribution in [0.15, 0.2) is 48.5 Å². The first-order valence-electron chi connectivity index (χ1n) is 17.2. The molecule has 5 aromatic rings. The molecule has 4 heterocycles. The second kappa shape index (κ2) is 13.2. The van der Waals surface area contributed by atoms with Gasteiger partial charge in [-0.15, -0.1) is 0 Å². The number of likely N-dealkylation sites (tertiary alicyclic amines) is 1. The highest BCUT2D eigenvalue weighted by Crippen LogP contribution is 2.44. The predicted molar refractivity (Wildman–Crippen MR) is 191 cm³/mol. The van der Waals surface area contributed by atoms with Crippen LogP contribution in [0.2, 0.25) is 0 Å². The maximum atomic E-state index is 17.5. The average molecular weight is 681 g/mol. The molecule has 7 rings (SSSR count). The van der Waals surface area contributed by atoms with Gasteiger partial charge in [-0.2, -0.15) is 5.26 Å². The minimum Gasteiger partial charge on any atom is -0.508 e. The van der Waals surface area contributed by atoms with Crippen molar-refractivity contribution in [2.24, 2.45) is 5.92 Å². The van der Waals surface area contributed by atoms with E-state index >= 15 is 8.78 Å². The number of aromatic hydroxyl groups is 1. The van der Waals surface area contributed by atoms with Crippen molar-refractivity contribution in [3.63, 3.8) is 0 Å². The Bertz CT molecular complexity index is 2170. The Kier molecular flexibility index (Phi) is 8.87. The van der Waals surface area contributed by atoms with Gasteiger partial charge in [0, 0.05) is 63.2 Å². The minimum absolute atomic E-state index is 0.0101. The van der Waals surface area contributed by atoms with Gasteiger partial charge in [0.05, 0.1) is 23.0 Å². The van der Waals surface area contributed by atoms with E-state index in [2.05, 4.69) is 22.9 Å². The number of benzene rings is 3. The number of amides is 1. The van der Waals surface area contributed by atoms with Crippen LogP contribution in [0.5, 0.6) is 11.6 Å². The number of nitriles is 1. The Balaban J connectivity index is 1.53. The number of carbonyl (C=O) groups is 1. The fourth-order valence-electron chi connectivity index (χ4n) is 7.83. The molecular weight excluding hydrogens is 638 g/mol. The van der Waals surface area contributed by atoms with Crippen molar-refractivity contribution in [3.05, 3.63) is 65.6 Å². The van der Waals surface area contributed by atoms with Crippen LogP contribution in [0, 0.1) is 23.1 Å². The van der Waals surface area contributed by atoms with Crippen LogP contribution in [0.1, 0.15) is 37.1 Å². The quantitative estimate of drug-likeness (QED) is 0.183. The maximum absolute atomic E-state index is 17.5. The molecule has 2 aliphatic heterocycles.